The second kappa shape index (κ2) is 5.10. The molecule has 0 bridgehead atoms. The summed E-state index contributed by atoms with van der Waals surface area (Å²) in [4.78, 5) is -0.976. The molecule has 108 valence electrons. The second-order valence-electron chi connectivity index (χ2n) is 4.62. The van der Waals surface area contributed by atoms with Crippen LogP contribution in [-0.2, 0) is 10.0 Å². The molecule has 8 heteroatoms. The van der Waals surface area contributed by atoms with E-state index in [0.29, 0.717) is 16.4 Å². The van der Waals surface area contributed by atoms with Gasteiger partial charge in [0.25, 0.3) is 0 Å². The largest absolute Gasteiger partial charge is 0.394 e. The smallest absolute Gasteiger partial charge is 0.246 e. The first kappa shape index (κ1) is 15.9. The highest BCUT2D eigenvalue weighted by molar-refractivity contribution is 7.89. The van der Waals surface area contributed by atoms with Crippen molar-refractivity contribution in [2.24, 2.45) is 0 Å². The summed E-state index contributed by atoms with van der Waals surface area (Å²) < 4.78 is 64.3. The lowest BCUT2D eigenvalue weighted by Crippen LogP contribution is -2.47. The number of halogens is 3. The molecule has 0 aromatic heterocycles. The van der Waals surface area contributed by atoms with Crippen molar-refractivity contribution in [1.82, 2.24) is 4.31 Å². The Labute approximate surface area is 109 Å². The van der Waals surface area contributed by atoms with Crippen LogP contribution in [0.4, 0.5) is 13.2 Å². The zero-order chi connectivity index (χ0) is 15.0. The van der Waals surface area contributed by atoms with Crippen LogP contribution in [-0.4, -0.2) is 37.0 Å². The van der Waals surface area contributed by atoms with Crippen LogP contribution in [0, 0.1) is 17.5 Å². The fourth-order valence-electron chi connectivity index (χ4n) is 1.28. The van der Waals surface area contributed by atoms with Crippen molar-refractivity contribution in [1.29, 1.82) is 0 Å². The van der Waals surface area contributed by atoms with E-state index in [4.69, 9.17) is 5.11 Å². The average molecular weight is 297 g/mol. The monoisotopic (exact) mass is 297 g/mol. The number of aliphatic hydroxyl groups excluding tert-OH is 1. The van der Waals surface area contributed by atoms with Crippen molar-refractivity contribution in [3.8, 4) is 0 Å². The predicted octanol–water partition coefficient (Wildman–Crippen LogP) is 1.50. The Balaban J connectivity index is 3.41. The third-order valence-electron chi connectivity index (χ3n) is 2.88. The average Bonchev–Trinajstić information content (AvgIpc) is 2.34. The van der Waals surface area contributed by atoms with Gasteiger partial charge in [0.2, 0.25) is 10.0 Å². The maximum absolute atomic E-state index is 13.5. The van der Waals surface area contributed by atoms with Crippen LogP contribution in [0.15, 0.2) is 17.0 Å². The van der Waals surface area contributed by atoms with Crippen LogP contribution in [0.25, 0.3) is 0 Å². The number of hydrogen-bond donors (Lipinski definition) is 1. The normalized spacial score (nSPS) is 13.1. The molecule has 0 aliphatic carbocycles. The number of likely N-dealkylation sites (N-methyl/N-ethyl adjacent to an activating group) is 1. The van der Waals surface area contributed by atoms with Gasteiger partial charge in [-0.05, 0) is 26.0 Å². The molecule has 0 spiro atoms. The lowest BCUT2D eigenvalue weighted by molar-refractivity contribution is 0.137. The van der Waals surface area contributed by atoms with E-state index >= 15 is 0 Å². The Bertz CT molecular complexity index is 587. The SMILES string of the molecule is CN(C(C)(C)CO)S(=O)(=O)c1ccc(F)c(F)c1F. The van der Waals surface area contributed by atoms with E-state index in [1.807, 2.05) is 0 Å². The van der Waals surface area contributed by atoms with Gasteiger partial charge in [-0.15, -0.1) is 0 Å². The summed E-state index contributed by atoms with van der Waals surface area (Å²) in [6.07, 6.45) is 0. The van der Waals surface area contributed by atoms with Gasteiger partial charge in [0, 0.05) is 7.05 Å². The third kappa shape index (κ3) is 2.75. The first-order valence-electron chi connectivity index (χ1n) is 5.29. The van der Waals surface area contributed by atoms with Gasteiger partial charge in [0.15, 0.2) is 17.5 Å². The second-order valence-corrected chi connectivity index (χ2v) is 6.55. The van der Waals surface area contributed by atoms with E-state index < -0.39 is 44.5 Å². The molecule has 1 aromatic carbocycles. The van der Waals surface area contributed by atoms with Crippen LogP contribution in [0.3, 0.4) is 0 Å². The molecule has 0 amide bonds. The number of aliphatic hydroxyl groups is 1. The van der Waals surface area contributed by atoms with Gasteiger partial charge in [-0.25, -0.2) is 21.6 Å². The summed E-state index contributed by atoms with van der Waals surface area (Å²) in [5.74, 6) is -5.10. The Hall–Kier alpha value is -1.12. The van der Waals surface area contributed by atoms with Crippen molar-refractivity contribution in [2.75, 3.05) is 13.7 Å². The molecule has 0 aliphatic heterocycles. The Kier molecular flexibility index (Phi) is 4.28. The minimum Gasteiger partial charge on any atom is -0.394 e. The molecule has 4 nitrogen and oxygen atoms in total. The quantitative estimate of drug-likeness (QED) is 0.857. The molecule has 1 rings (SSSR count). The first-order valence-corrected chi connectivity index (χ1v) is 6.73. The number of hydrogen-bond acceptors (Lipinski definition) is 3. The summed E-state index contributed by atoms with van der Waals surface area (Å²) in [5.41, 5.74) is -1.21. The molecule has 0 fully saturated rings. The lowest BCUT2D eigenvalue weighted by atomic mass is 10.1. The summed E-state index contributed by atoms with van der Waals surface area (Å²) in [7, 11) is -3.27. The fraction of sp³-hybridized carbons (Fsp3) is 0.455. The Morgan fingerprint density at radius 2 is 1.74 bits per heavy atom. The van der Waals surface area contributed by atoms with Crippen LogP contribution in [0.1, 0.15) is 13.8 Å². The molecule has 1 aromatic rings. The minimum atomic E-state index is -4.39. The first-order chi connectivity index (χ1) is 8.55. The molecule has 0 saturated carbocycles. The minimum absolute atomic E-state index is 0.520. The van der Waals surface area contributed by atoms with Gasteiger partial charge in [-0.1, -0.05) is 0 Å². The van der Waals surface area contributed by atoms with Gasteiger partial charge < -0.3 is 5.11 Å². The number of sulfonamides is 1. The van der Waals surface area contributed by atoms with Gasteiger partial charge in [-0.2, -0.15) is 4.31 Å². The standard InChI is InChI=1S/C11H14F3NO3S/c1-11(2,6-16)15(3)19(17,18)8-5-4-7(12)9(13)10(8)14/h4-5,16H,6H2,1-3H3. The van der Waals surface area contributed by atoms with Gasteiger partial charge >= 0.3 is 0 Å². The molecule has 1 N–H and O–H groups in total. The highest BCUT2D eigenvalue weighted by atomic mass is 32.2. The van der Waals surface area contributed by atoms with Gasteiger partial charge in [0.05, 0.1) is 12.1 Å². The maximum Gasteiger partial charge on any atom is 0.246 e. The van der Waals surface area contributed by atoms with Crippen LogP contribution in [0.2, 0.25) is 0 Å². The predicted molar refractivity (Wildman–Crippen MR) is 62.4 cm³/mol. The molecule has 0 atom stereocenters. The topological polar surface area (TPSA) is 57.6 Å². The van der Waals surface area contributed by atoms with Crippen molar-refractivity contribution < 1.29 is 26.7 Å². The summed E-state index contributed by atoms with van der Waals surface area (Å²) in [6.45, 7) is 2.29. The van der Waals surface area contributed by atoms with Crippen molar-refractivity contribution in [2.45, 2.75) is 24.3 Å². The number of rotatable bonds is 4. The van der Waals surface area contributed by atoms with Crippen molar-refractivity contribution >= 4 is 10.0 Å². The summed E-state index contributed by atoms with van der Waals surface area (Å²) >= 11 is 0. The third-order valence-corrected chi connectivity index (χ3v) is 4.96. The van der Waals surface area contributed by atoms with Gasteiger partial charge in [0.1, 0.15) is 4.90 Å². The highest BCUT2D eigenvalue weighted by Crippen LogP contribution is 2.26. The van der Waals surface area contributed by atoms with E-state index in [1.54, 1.807) is 0 Å². The number of benzene rings is 1. The van der Waals surface area contributed by atoms with E-state index in [9.17, 15) is 21.6 Å². The van der Waals surface area contributed by atoms with E-state index in [0.717, 1.165) is 7.05 Å². The highest BCUT2D eigenvalue weighted by Gasteiger charge is 2.36. The summed E-state index contributed by atoms with van der Waals surface area (Å²) in [6, 6.07) is 1.18. The van der Waals surface area contributed by atoms with E-state index in [1.165, 1.54) is 13.8 Å². The maximum atomic E-state index is 13.5. The van der Waals surface area contributed by atoms with Crippen molar-refractivity contribution in [3.05, 3.63) is 29.6 Å². The molecule has 0 heterocycles. The lowest BCUT2D eigenvalue weighted by Gasteiger charge is -2.32. The zero-order valence-corrected chi connectivity index (χ0v) is 11.4. The number of nitrogens with zero attached hydrogens (tertiary/aromatic N) is 1. The molecule has 0 aliphatic rings. The fourth-order valence-corrected chi connectivity index (χ4v) is 2.84. The molecule has 0 saturated heterocycles. The Morgan fingerprint density at radius 1 is 1.21 bits per heavy atom. The van der Waals surface area contributed by atoms with Crippen molar-refractivity contribution in [3.63, 3.8) is 0 Å². The molecule has 19 heavy (non-hydrogen) atoms. The van der Waals surface area contributed by atoms with E-state index in [-0.39, 0.29) is 0 Å². The van der Waals surface area contributed by atoms with Gasteiger partial charge in [-0.3, -0.25) is 0 Å². The molecule has 0 radical (unpaired) electrons. The zero-order valence-electron chi connectivity index (χ0n) is 10.6. The van der Waals surface area contributed by atoms with Crippen LogP contribution >= 0.6 is 0 Å². The van der Waals surface area contributed by atoms with E-state index in [2.05, 4.69) is 0 Å². The molecular weight excluding hydrogens is 283 g/mol. The molecule has 0 unspecified atom stereocenters. The van der Waals surface area contributed by atoms with Crippen LogP contribution < -0.4 is 0 Å². The van der Waals surface area contributed by atoms with Crippen LogP contribution in [0.5, 0.6) is 0 Å². The Morgan fingerprint density at radius 3 is 2.21 bits per heavy atom. The molecular formula is C11H14F3NO3S. The summed E-state index contributed by atoms with van der Waals surface area (Å²) in [5, 5.41) is 9.11.